The third-order valence-electron chi connectivity index (χ3n) is 5.57. The van der Waals surface area contributed by atoms with Crippen molar-refractivity contribution in [1.29, 1.82) is 5.26 Å². The standard InChI is InChI=1S/C25H25NO5/c1-25(2)20(12-13-22(27)29-3)23(25)24(28)31-21(15-26)18-10-7-11-19(14-18)30-16-17-8-5-4-6-9-17/h4-14,20-21,23H,16H2,1-3H3/t20-,21?,23-/m0/s1. The number of allylic oxidation sites excluding steroid dienone is 1. The number of nitriles is 1. The Hall–Kier alpha value is -3.59. The normalized spacial score (nSPS) is 19.8. The second kappa shape index (κ2) is 9.48. The number of methoxy groups -OCH3 is 1. The first kappa shape index (κ1) is 22.1. The molecular formula is C25H25NO5. The first-order chi connectivity index (χ1) is 14.9. The van der Waals surface area contributed by atoms with E-state index >= 15 is 0 Å². The summed E-state index contributed by atoms with van der Waals surface area (Å²) in [7, 11) is 1.30. The van der Waals surface area contributed by atoms with Crippen LogP contribution in [0, 0.1) is 28.6 Å². The molecule has 0 spiro atoms. The summed E-state index contributed by atoms with van der Waals surface area (Å²) in [6.45, 7) is 4.24. The van der Waals surface area contributed by atoms with Crippen LogP contribution in [-0.2, 0) is 25.7 Å². The minimum atomic E-state index is -1.05. The molecule has 160 valence electrons. The van der Waals surface area contributed by atoms with Crippen LogP contribution in [0.5, 0.6) is 5.75 Å². The first-order valence-corrected chi connectivity index (χ1v) is 9.99. The molecule has 1 aliphatic rings. The van der Waals surface area contributed by atoms with Gasteiger partial charge in [-0.05, 0) is 29.0 Å². The molecule has 31 heavy (non-hydrogen) atoms. The molecule has 1 aliphatic carbocycles. The Labute approximate surface area is 182 Å². The van der Waals surface area contributed by atoms with Crippen LogP contribution in [0.2, 0.25) is 0 Å². The van der Waals surface area contributed by atoms with Gasteiger partial charge in [0.05, 0.1) is 13.0 Å². The lowest BCUT2D eigenvalue weighted by Gasteiger charge is -2.14. The fourth-order valence-corrected chi connectivity index (χ4v) is 3.60. The zero-order valence-corrected chi connectivity index (χ0v) is 17.8. The molecule has 0 aliphatic heterocycles. The second-order valence-electron chi connectivity index (χ2n) is 8.00. The highest BCUT2D eigenvalue weighted by Crippen LogP contribution is 2.59. The Kier molecular flexibility index (Phi) is 6.76. The molecule has 0 N–H and O–H groups in total. The van der Waals surface area contributed by atoms with Gasteiger partial charge in [-0.15, -0.1) is 0 Å². The van der Waals surface area contributed by atoms with Gasteiger partial charge in [-0.25, -0.2) is 4.79 Å². The van der Waals surface area contributed by atoms with Crippen molar-refractivity contribution in [3.63, 3.8) is 0 Å². The Morgan fingerprint density at radius 3 is 2.58 bits per heavy atom. The van der Waals surface area contributed by atoms with Crippen LogP contribution in [0.3, 0.4) is 0 Å². The minimum Gasteiger partial charge on any atom is -0.489 e. The van der Waals surface area contributed by atoms with Crippen LogP contribution in [-0.4, -0.2) is 19.0 Å². The molecule has 6 heteroatoms. The monoisotopic (exact) mass is 419 g/mol. The summed E-state index contributed by atoms with van der Waals surface area (Å²) in [6, 6.07) is 18.8. The Morgan fingerprint density at radius 1 is 1.16 bits per heavy atom. The predicted octanol–water partition coefficient (Wildman–Crippen LogP) is 4.37. The predicted molar refractivity (Wildman–Crippen MR) is 114 cm³/mol. The average Bonchev–Trinajstić information content (AvgIpc) is 3.35. The van der Waals surface area contributed by atoms with E-state index in [4.69, 9.17) is 9.47 Å². The van der Waals surface area contributed by atoms with Crippen molar-refractivity contribution in [2.45, 2.75) is 26.6 Å². The molecule has 2 aromatic carbocycles. The second-order valence-corrected chi connectivity index (χ2v) is 8.00. The zero-order chi connectivity index (χ0) is 22.4. The molecule has 2 aromatic rings. The molecule has 0 amide bonds. The van der Waals surface area contributed by atoms with Gasteiger partial charge in [0.1, 0.15) is 18.4 Å². The van der Waals surface area contributed by atoms with Crippen molar-refractivity contribution in [3.8, 4) is 11.8 Å². The van der Waals surface area contributed by atoms with Crippen molar-refractivity contribution in [2.75, 3.05) is 7.11 Å². The van der Waals surface area contributed by atoms with E-state index < -0.39 is 24.0 Å². The number of hydrogen-bond donors (Lipinski definition) is 0. The molecule has 3 rings (SSSR count). The highest BCUT2D eigenvalue weighted by molar-refractivity contribution is 5.83. The van der Waals surface area contributed by atoms with Gasteiger partial charge in [0.2, 0.25) is 6.10 Å². The maximum atomic E-state index is 12.7. The highest BCUT2D eigenvalue weighted by Gasteiger charge is 2.61. The maximum absolute atomic E-state index is 12.7. The molecule has 1 saturated carbocycles. The lowest BCUT2D eigenvalue weighted by molar-refractivity contribution is -0.149. The van der Waals surface area contributed by atoms with Crippen LogP contribution in [0.4, 0.5) is 0 Å². The van der Waals surface area contributed by atoms with Crippen LogP contribution < -0.4 is 4.74 Å². The average molecular weight is 419 g/mol. The van der Waals surface area contributed by atoms with Crippen LogP contribution in [0.1, 0.15) is 31.1 Å². The lowest BCUT2D eigenvalue weighted by Crippen LogP contribution is -2.14. The number of nitrogens with zero attached hydrogens (tertiary/aromatic N) is 1. The summed E-state index contributed by atoms with van der Waals surface area (Å²) in [5.74, 6) is -0.937. The molecule has 0 heterocycles. The minimum absolute atomic E-state index is 0.154. The number of carbonyl (C=O) groups excluding carboxylic acids is 2. The van der Waals surface area contributed by atoms with Crippen molar-refractivity contribution >= 4 is 11.9 Å². The summed E-state index contributed by atoms with van der Waals surface area (Å²) in [6.07, 6.45) is 1.93. The van der Waals surface area contributed by atoms with E-state index in [0.717, 1.165) is 5.56 Å². The number of esters is 2. The lowest BCUT2D eigenvalue weighted by atomic mass is 10.1. The van der Waals surface area contributed by atoms with Gasteiger partial charge in [0.25, 0.3) is 0 Å². The van der Waals surface area contributed by atoms with E-state index in [2.05, 4.69) is 4.74 Å². The fourth-order valence-electron chi connectivity index (χ4n) is 3.60. The van der Waals surface area contributed by atoms with Crippen molar-refractivity contribution in [1.82, 2.24) is 0 Å². The van der Waals surface area contributed by atoms with E-state index in [0.29, 0.717) is 17.9 Å². The van der Waals surface area contributed by atoms with Gasteiger partial charge in [0.15, 0.2) is 0 Å². The van der Waals surface area contributed by atoms with E-state index in [-0.39, 0.29) is 11.3 Å². The van der Waals surface area contributed by atoms with E-state index in [1.807, 2.05) is 50.2 Å². The number of rotatable bonds is 8. The van der Waals surface area contributed by atoms with E-state index in [1.165, 1.54) is 13.2 Å². The van der Waals surface area contributed by atoms with Gasteiger partial charge in [-0.3, -0.25) is 4.79 Å². The topological polar surface area (TPSA) is 85.6 Å². The SMILES string of the molecule is COC(=O)C=C[C@H]1[C@@H](C(=O)OC(C#N)c2cccc(OCc3ccccc3)c2)C1(C)C. The third-order valence-corrected chi connectivity index (χ3v) is 5.57. The summed E-state index contributed by atoms with van der Waals surface area (Å²) >= 11 is 0. The summed E-state index contributed by atoms with van der Waals surface area (Å²) < 4.78 is 15.9. The highest BCUT2D eigenvalue weighted by atomic mass is 16.5. The molecule has 1 unspecified atom stereocenters. The number of hydrogen-bond acceptors (Lipinski definition) is 6. The summed E-state index contributed by atoms with van der Waals surface area (Å²) in [5, 5.41) is 9.59. The quantitative estimate of drug-likeness (QED) is 0.466. The summed E-state index contributed by atoms with van der Waals surface area (Å²) in [5.41, 5.74) is 1.21. The smallest absolute Gasteiger partial charge is 0.330 e. The third kappa shape index (κ3) is 5.32. The number of ether oxygens (including phenoxy) is 3. The Morgan fingerprint density at radius 2 is 1.90 bits per heavy atom. The van der Waals surface area contributed by atoms with Gasteiger partial charge >= 0.3 is 11.9 Å². The Bertz CT molecular complexity index is 1010. The molecule has 0 radical (unpaired) electrons. The maximum Gasteiger partial charge on any atom is 0.330 e. The van der Waals surface area contributed by atoms with Gasteiger partial charge in [-0.1, -0.05) is 62.4 Å². The first-order valence-electron chi connectivity index (χ1n) is 9.99. The Balaban J connectivity index is 1.64. The van der Waals surface area contributed by atoms with Gasteiger partial charge in [-0.2, -0.15) is 5.26 Å². The van der Waals surface area contributed by atoms with Crippen molar-refractivity contribution in [3.05, 3.63) is 77.9 Å². The molecule has 1 fully saturated rings. The molecule has 0 bridgehead atoms. The molecule has 3 atom stereocenters. The number of carbonyl (C=O) groups is 2. The molecular weight excluding hydrogens is 394 g/mol. The molecule has 0 aromatic heterocycles. The fraction of sp³-hybridized carbons (Fsp3) is 0.320. The largest absolute Gasteiger partial charge is 0.489 e. The van der Waals surface area contributed by atoms with Crippen LogP contribution in [0.15, 0.2) is 66.7 Å². The van der Waals surface area contributed by atoms with Crippen LogP contribution in [0.25, 0.3) is 0 Å². The summed E-state index contributed by atoms with van der Waals surface area (Å²) in [4.78, 5) is 24.1. The van der Waals surface area contributed by atoms with Crippen molar-refractivity contribution in [2.24, 2.45) is 17.3 Å². The van der Waals surface area contributed by atoms with Gasteiger partial charge in [0, 0.05) is 11.6 Å². The van der Waals surface area contributed by atoms with Crippen LogP contribution >= 0.6 is 0 Å². The number of benzene rings is 2. The van der Waals surface area contributed by atoms with E-state index in [9.17, 15) is 14.9 Å². The van der Waals surface area contributed by atoms with Gasteiger partial charge < -0.3 is 14.2 Å². The van der Waals surface area contributed by atoms with Crippen molar-refractivity contribution < 1.29 is 23.8 Å². The molecule has 0 saturated heterocycles. The molecule has 6 nitrogen and oxygen atoms in total. The van der Waals surface area contributed by atoms with E-state index in [1.54, 1.807) is 30.3 Å². The zero-order valence-electron chi connectivity index (χ0n) is 17.8.